The number of piperazine rings is 1. The highest BCUT2D eigenvalue weighted by atomic mass is 32.1. The van der Waals surface area contributed by atoms with Gasteiger partial charge in [0.25, 0.3) is 5.91 Å². The maximum Gasteiger partial charge on any atom is 0.272 e. The normalized spacial score (nSPS) is 18.8. The van der Waals surface area contributed by atoms with Gasteiger partial charge in [-0.05, 0) is 18.9 Å². The number of aromatic nitrogens is 4. The van der Waals surface area contributed by atoms with E-state index in [2.05, 4.69) is 19.4 Å². The Morgan fingerprint density at radius 2 is 2.05 bits per heavy atom. The molecule has 0 N–H and O–H groups in total. The number of amides is 1. The lowest BCUT2D eigenvalue weighted by Gasteiger charge is -2.34. The monoisotopic (exact) mass is 318 g/mol. The number of hydrogen-bond donors (Lipinski definition) is 0. The Morgan fingerprint density at radius 3 is 2.68 bits per heavy atom. The number of nitrogens with zero attached hydrogens (tertiary/aromatic N) is 6. The zero-order valence-electron chi connectivity index (χ0n) is 12.5. The minimum absolute atomic E-state index is 0.0515. The van der Waals surface area contributed by atoms with Crippen molar-refractivity contribution in [2.45, 2.75) is 18.8 Å². The van der Waals surface area contributed by atoms with Gasteiger partial charge in [-0.15, -0.1) is 0 Å². The summed E-state index contributed by atoms with van der Waals surface area (Å²) in [5.74, 6) is 1.65. The molecule has 0 spiro atoms. The van der Waals surface area contributed by atoms with E-state index in [9.17, 15) is 4.79 Å². The summed E-state index contributed by atoms with van der Waals surface area (Å²) in [6, 6.07) is 1.77. The average Bonchev–Trinajstić information content (AvgIpc) is 3.12. The minimum Gasteiger partial charge on any atom is -0.343 e. The van der Waals surface area contributed by atoms with Crippen molar-refractivity contribution < 1.29 is 4.79 Å². The Labute approximate surface area is 132 Å². The molecule has 1 amide bonds. The molecule has 2 aromatic heterocycles. The smallest absolute Gasteiger partial charge is 0.272 e. The van der Waals surface area contributed by atoms with Crippen molar-refractivity contribution in [3.05, 3.63) is 23.8 Å². The van der Waals surface area contributed by atoms with Gasteiger partial charge in [-0.1, -0.05) is 0 Å². The van der Waals surface area contributed by atoms with Gasteiger partial charge in [-0.3, -0.25) is 9.48 Å². The summed E-state index contributed by atoms with van der Waals surface area (Å²) in [7, 11) is 1.80. The predicted molar refractivity (Wildman–Crippen MR) is 83.2 cm³/mol. The van der Waals surface area contributed by atoms with E-state index < -0.39 is 0 Å². The molecule has 3 heterocycles. The highest BCUT2D eigenvalue weighted by Crippen LogP contribution is 2.39. The second-order valence-corrected chi connectivity index (χ2v) is 6.56. The maximum atomic E-state index is 12.4. The van der Waals surface area contributed by atoms with Gasteiger partial charge in [0.1, 0.15) is 11.5 Å². The molecule has 116 valence electrons. The molecule has 22 heavy (non-hydrogen) atoms. The van der Waals surface area contributed by atoms with Crippen LogP contribution >= 0.6 is 11.5 Å². The molecule has 2 aromatic rings. The molecule has 0 aromatic carbocycles. The van der Waals surface area contributed by atoms with Gasteiger partial charge < -0.3 is 9.80 Å². The number of hydrogen-bond acceptors (Lipinski definition) is 6. The fraction of sp³-hybridized carbons (Fsp3) is 0.571. The van der Waals surface area contributed by atoms with E-state index in [1.807, 2.05) is 4.90 Å². The van der Waals surface area contributed by atoms with Gasteiger partial charge in [0.2, 0.25) is 5.13 Å². The van der Waals surface area contributed by atoms with Crippen molar-refractivity contribution in [2.24, 2.45) is 7.05 Å². The highest BCUT2D eigenvalue weighted by molar-refractivity contribution is 7.09. The van der Waals surface area contributed by atoms with Crippen LogP contribution in [0.4, 0.5) is 5.13 Å². The van der Waals surface area contributed by atoms with Gasteiger partial charge in [0, 0.05) is 56.9 Å². The Morgan fingerprint density at radius 1 is 1.27 bits per heavy atom. The topological polar surface area (TPSA) is 67.2 Å². The van der Waals surface area contributed by atoms with Crippen LogP contribution in [0.1, 0.15) is 35.1 Å². The molecule has 0 atom stereocenters. The van der Waals surface area contributed by atoms with Crippen molar-refractivity contribution in [2.75, 3.05) is 31.1 Å². The van der Waals surface area contributed by atoms with E-state index >= 15 is 0 Å². The largest absolute Gasteiger partial charge is 0.343 e. The van der Waals surface area contributed by atoms with Crippen LogP contribution in [0.15, 0.2) is 12.3 Å². The third kappa shape index (κ3) is 2.47. The Balaban J connectivity index is 1.39. The van der Waals surface area contributed by atoms with Crippen LogP contribution in [0.2, 0.25) is 0 Å². The molecule has 0 unspecified atom stereocenters. The summed E-state index contributed by atoms with van der Waals surface area (Å²) in [5, 5.41) is 5.06. The second kappa shape index (κ2) is 5.35. The molecule has 1 aliphatic heterocycles. The number of rotatable bonds is 3. The van der Waals surface area contributed by atoms with E-state index in [0.29, 0.717) is 24.7 Å². The van der Waals surface area contributed by atoms with Gasteiger partial charge in [-0.25, -0.2) is 4.98 Å². The average molecular weight is 318 g/mol. The lowest BCUT2D eigenvalue weighted by atomic mass is 10.3. The summed E-state index contributed by atoms with van der Waals surface area (Å²) < 4.78 is 6.08. The molecule has 1 saturated carbocycles. The molecule has 1 aliphatic carbocycles. The molecule has 1 saturated heterocycles. The predicted octanol–water partition coefficient (Wildman–Crippen LogP) is 1.11. The van der Waals surface area contributed by atoms with Crippen LogP contribution in [-0.4, -0.2) is 56.1 Å². The summed E-state index contributed by atoms with van der Waals surface area (Å²) in [6.45, 7) is 3.04. The third-order valence-electron chi connectivity index (χ3n) is 4.25. The van der Waals surface area contributed by atoms with E-state index in [1.54, 1.807) is 24.0 Å². The quantitative estimate of drug-likeness (QED) is 0.848. The molecule has 2 aliphatic rings. The van der Waals surface area contributed by atoms with Crippen molar-refractivity contribution >= 4 is 22.6 Å². The first-order valence-electron chi connectivity index (χ1n) is 7.58. The van der Waals surface area contributed by atoms with E-state index in [0.717, 1.165) is 24.0 Å². The SMILES string of the molecule is Cn1nccc1C(=O)N1CCN(c2nc(C3CC3)ns2)CC1. The molecule has 2 fully saturated rings. The fourth-order valence-electron chi connectivity index (χ4n) is 2.71. The number of anilines is 1. The zero-order chi connectivity index (χ0) is 15.1. The molecular formula is C14H18N6OS. The molecule has 0 radical (unpaired) electrons. The number of aryl methyl sites for hydroxylation is 1. The number of carbonyl (C=O) groups is 1. The minimum atomic E-state index is 0.0515. The molecule has 8 heteroatoms. The first-order valence-corrected chi connectivity index (χ1v) is 8.35. The molecule has 4 rings (SSSR count). The number of carbonyl (C=O) groups excluding carboxylic acids is 1. The van der Waals surface area contributed by atoms with Crippen molar-refractivity contribution in [3.8, 4) is 0 Å². The Bertz CT molecular complexity index is 683. The molecular weight excluding hydrogens is 300 g/mol. The Hall–Kier alpha value is -1.96. The highest BCUT2D eigenvalue weighted by Gasteiger charge is 2.30. The van der Waals surface area contributed by atoms with Gasteiger partial charge in [-0.2, -0.15) is 9.47 Å². The van der Waals surface area contributed by atoms with E-state index in [4.69, 9.17) is 0 Å². The van der Waals surface area contributed by atoms with Gasteiger partial charge in [0.05, 0.1) is 0 Å². The molecule has 7 nitrogen and oxygen atoms in total. The second-order valence-electron chi connectivity index (χ2n) is 5.83. The zero-order valence-corrected chi connectivity index (χ0v) is 13.3. The van der Waals surface area contributed by atoms with Crippen LogP contribution in [0, 0.1) is 0 Å². The first kappa shape index (κ1) is 13.7. The maximum absolute atomic E-state index is 12.4. The van der Waals surface area contributed by atoms with Crippen molar-refractivity contribution in [3.63, 3.8) is 0 Å². The van der Waals surface area contributed by atoms with Crippen molar-refractivity contribution in [1.82, 2.24) is 24.0 Å². The fourth-order valence-corrected chi connectivity index (χ4v) is 3.51. The lowest BCUT2D eigenvalue weighted by Crippen LogP contribution is -2.49. The molecule has 0 bridgehead atoms. The van der Waals surface area contributed by atoms with E-state index in [1.165, 1.54) is 24.4 Å². The summed E-state index contributed by atoms with van der Waals surface area (Å²) in [5.41, 5.74) is 0.639. The van der Waals surface area contributed by atoms with Crippen molar-refractivity contribution in [1.29, 1.82) is 0 Å². The Kier molecular flexibility index (Phi) is 3.33. The van der Waals surface area contributed by atoms with Crippen LogP contribution in [-0.2, 0) is 7.05 Å². The first-order chi connectivity index (χ1) is 10.7. The van der Waals surface area contributed by atoms with Gasteiger partial charge >= 0.3 is 0 Å². The third-order valence-corrected chi connectivity index (χ3v) is 5.04. The standard InChI is InChI=1S/C14H18N6OS/c1-18-11(4-5-15-18)13(21)19-6-8-20(9-7-19)14-16-12(17-22-14)10-2-3-10/h4-5,10H,2-3,6-9H2,1H3. The summed E-state index contributed by atoms with van der Waals surface area (Å²) in [6.07, 6.45) is 4.11. The van der Waals surface area contributed by atoms with Crippen LogP contribution in [0.5, 0.6) is 0 Å². The van der Waals surface area contributed by atoms with E-state index in [-0.39, 0.29) is 5.91 Å². The van der Waals surface area contributed by atoms with Gasteiger partial charge in [0.15, 0.2) is 0 Å². The van der Waals surface area contributed by atoms with Crippen LogP contribution < -0.4 is 4.90 Å². The van der Waals surface area contributed by atoms with Crippen LogP contribution in [0.25, 0.3) is 0 Å². The lowest BCUT2D eigenvalue weighted by molar-refractivity contribution is 0.0735. The summed E-state index contributed by atoms with van der Waals surface area (Å²) in [4.78, 5) is 21.2. The summed E-state index contributed by atoms with van der Waals surface area (Å²) >= 11 is 1.48. The van der Waals surface area contributed by atoms with Crippen LogP contribution in [0.3, 0.4) is 0 Å².